The van der Waals surface area contributed by atoms with Gasteiger partial charge in [-0.15, -0.1) is 11.8 Å². The first-order valence-electron chi connectivity index (χ1n) is 6.56. The molecule has 0 heterocycles. The monoisotopic (exact) mass is 289 g/mol. The van der Waals surface area contributed by atoms with Crippen LogP contribution in [-0.2, 0) is 6.54 Å². The van der Waals surface area contributed by atoms with Crippen LogP contribution in [0.15, 0.2) is 47.4 Å². The molecule has 0 unspecified atom stereocenters. The lowest BCUT2D eigenvalue weighted by atomic mass is 10.2. The van der Waals surface area contributed by atoms with Crippen LogP contribution in [0.1, 0.15) is 12.5 Å². The highest BCUT2D eigenvalue weighted by Crippen LogP contribution is 2.30. The van der Waals surface area contributed by atoms with E-state index < -0.39 is 0 Å². The van der Waals surface area contributed by atoms with Crippen LogP contribution in [-0.4, -0.2) is 18.0 Å². The second kappa shape index (κ2) is 7.10. The van der Waals surface area contributed by atoms with Crippen molar-refractivity contribution in [2.75, 3.05) is 18.2 Å². The van der Waals surface area contributed by atoms with E-state index in [1.54, 1.807) is 17.8 Å². The topological polar surface area (TPSA) is 41.5 Å². The molecule has 0 atom stereocenters. The number of nitrogens with one attached hydrogen (secondary N) is 1. The Morgan fingerprint density at radius 3 is 2.55 bits per heavy atom. The Kier molecular flexibility index (Phi) is 5.18. The molecule has 0 aliphatic carbocycles. The van der Waals surface area contributed by atoms with Gasteiger partial charge in [0.2, 0.25) is 0 Å². The Balaban J connectivity index is 2.04. The molecule has 0 saturated heterocycles. The number of benzene rings is 2. The molecule has 0 aromatic heterocycles. The lowest BCUT2D eigenvalue weighted by Gasteiger charge is -2.11. The second-order valence-corrected chi connectivity index (χ2v) is 5.16. The summed E-state index contributed by atoms with van der Waals surface area (Å²) in [4.78, 5) is 1.23. The fraction of sp³-hybridized carbons (Fsp3) is 0.250. The first-order valence-corrected chi connectivity index (χ1v) is 7.78. The van der Waals surface area contributed by atoms with E-state index in [9.17, 15) is 5.11 Å². The minimum absolute atomic E-state index is 0.211. The SMILES string of the molecule is CCOc1cccc(CNc2ccc(SC)cc2)c1O. The molecular weight excluding hydrogens is 270 g/mol. The largest absolute Gasteiger partial charge is 0.504 e. The Hall–Kier alpha value is -1.81. The lowest BCUT2D eigenvalue weighted by Crippen LogP contribution is -2.01. The van der Waals surface area contributed by atoms with E-state index in [2.05, 4.69) is 23.7 Å². The zero-order valence-corrected chi connectivity index (χ0v) is 12.5. The molecule has 20 heavy (non-hydrogen) atoms. The van der Waals surface area contributed by atoms with Gasteiger partial charge in [-0.1, -0.05) is 12.1 Å². The van der Waals surface area contributed by atoms with E-state index in [4.69, 9.17) is 4.74 Å². The molecule has 106 valence electrons. The predicted octanol–water partition coefficient (Wildman–Crippen LogP) is 4.12. The first kappa shape index (κ1) is 14.6. The van der Waals surface area contributed by atoms with Crippen molar-refractivity contribution in [3.8, 4) is 11.5 Å². The molecule has 2 aromatic rings. The van der Waals surface area contributed by atoms with E-state index in [1.807, 2.05) is 31.2 Å². The van der Waals surface area contributed by atoms with Crippen molar-refractivity contribution >= 4 is 17.4 Å². The van der Waals surface area contributed by atoms with Crippen molar-refractivity contribution in [3.05, 3.63) is 48.0 Å². The summed E-state index contributed by atoms with van der Waals surface area (Å²) in [6.45, 7) is 3.00. The highest BCUT2D eigenvalue weighted by atomic mass is 32.2. The highest BCUT2D eigenvalue weighted by molar-refractivity contribution is 7.98. The number of aromatic hydroxyl groups is 1. The zero-order valence-electron chi connectivity index (χ0n) is 11.7. The number of anilines is 1. The van der Waals surface area contributed by atoms with Crippen molar-refractivity contribution in [1.29, 1.82) is 0 Å². The Labute approximate surface area is 124 Å². The summed E-state index contributed by atoms with van der Waals surface area (Å²) < 4.78 is 5.38. The highest BCUT2D eigenvalue weighted by Gasteiger charge is 2.07. The van der Waals surface area contributed by atoms with Crippen LogP contribution in [0.3, 0.4) is 0 Å². The summed E-state index contributed by atoms with van der Waals surface area (Å²) in [5, 5.41) is 13.4. The fourth-order valence-corrected chi connectivity index (χ4v) is 2.30. The van der Waals surface area contributed by atoms with Gasteiger partial charge in [0.05, 0.1) is 6.61 Å². The van der Waals surface area contributed by atoms with Gasteiger partial charge in [-0.3, -0.25) is 0 Å². The van der Waals surface area contributed by atoms with Crippen LogP contribution >= 0.6 is 11.8 Å². The van der Waals surface area contributed by atoms with Crippen molar-refractivity contribution in [2.24, 2.45) is 0 Å². The maximum absolute atomic E-state index is 10.1. The van der Waals surface area contributed by atoms with E-state index in [0.29, 0.717) is 18.9 Å². The predicted molar refractivity (Wildman–Crippen MR) is 84.8 cm³/mol. The summed E-state index contributed by atoms with van der Waals surface area (Å²) in [6.07, 6.45) is 2.06. The molecule has 2 rings (SSSR count). The fourth-order valence-electron chi connectivity index (χ4n) is 1.89. The molecule has 0 aliphatic heterocycles. The molecule has 2 aromatic carbocycles. The minimum Gasteiger partial charge on any atom is -0.504 e. The third kappa shape index (κ3) is 3.61. The number of ether oxygens (including phenoxy) is 1. The Morgan fingerprint density at radius 2 is 1.90 bits per heavy atom. The molecule has 0 spiro atoms. The molecule has 0 amide bonds. The lowest BCUT2D eigenvalue weighted by molar-refractivity contribution is 0.317. The average Bonchev–Trinajstić information content (AvgIpc) is 2.49. The Morgan fingerprint density at radius 1 is 1.15 bits per heavy atom. The number of rotatable bonds is 6. The average molecular weight is 289 g/mol. The molecule has 3 nitrogen and oxygen atoms in total. The smallest absolute Gasteiger partial charge is 0.162 e. The number of hydrogen-bond donors (Lipinski definition) is 2. The molecule has 0 aliphatic rings. The van der Waals surface area contributed by atoms with Crippen LogP contribution in [0.2, 0.25) is 0 Å². The molecule has 0 fully saturated rings. The van der Waals surface area contributed by atoms with E-state index in [0.717, 1.165) is 11.3 Å². The van der Waals surface area contributed by atoms with Gasteiger partial charge in [0, 0.05) is 22.7 Å². The molecular formula is C16H19NO2S. The number of para-hydroxylation sites is 1. The van der Waals surface area contributed by atoms with E-state index in [-0.39, 0.29) is 5.75 Å². The number of phenols is 1. The van der Waals surface area contributed by atoms with Gasteiger partial charge in [0.15, 0.2) is 11.5 Å². The minimum atomic E-state index is 0.211. The third-order valence-corrected chi connectivity index (χ3v) is 3.70. The third-order valence-electron chi connectivity index (χ3n) is 2.96. The van der Waals surface area contributed by atoms with Crippen LogP contribution in [0.25, 0.3) is 0 Å². The van der Waals surface area contributed by atoms with Crippen molar-refractivity contribution < 1.29 is 9.84 Å². The summed E-state index contributed by atoms with van der Waals surface area (Å²) >= 11 is 1.72. The Bertz CT molecular complexity index is 555. The van der Waals surface area contributed by atoms with Gasteiger partial charge in [-0.05, 0) is 43.5 Å². The number of phenolic OH excluding ortho intramolecular Hbond substituents is 1. The molecule has 0 saturated carbocycles. The zero-order chi connectivity index (χ0) is 14.4. The van der Waals surface area contributed by atoms with Gasteiger partial charge < -0.3 is 15.2 Å². The summed E-state index contributed by atoms with van der Waals surface area (Å²) in [6, 6.07) is 13.8. The molecule has 0 radical (unpaired) electrons. The molecule has 2 N–H and O–H groups in total. The van der Waals surface area contributed by atoms with E-state index >= 15 is 0 Å². The van der Waals surface area contributed by atoms with Crippen LogP contribution < -0.4 is 10.1 Å². The van der Waals surface area contributed by atoms with Crippen molar-refractivity contribution in [2.45, 2.75) is 18.4 Å². The van der Waals surface area contributed by atoms with Crippen molar-refractivity contribution in [1.82, 2.24) is 0 Å². The molecule has 0 bridgehead atoms. The maximum atomic E-state index is 10.1. The summed E-state index contributed by atoms with van der Waals surface area (Å²) in [5.41, 5.74) is 1.86. The maximum Gasteiger partial charge on any atom is 0.162 e. The van der Waals surface area contributed by atoms with Crippen LogP contribution in [0.5, 0.6) is 11.5 Å². The van der Waals surface area contributed by atoms with Crippen LogP contribution in [0, 0.1) is 0 Å². The summed E-state index contributed by atoms with van der Waals surface area (Å²) in [7, 11) is 0. The number of thioether (sulfide) groups is 1. The van der Waals surface area contributed by atoms with Gasteiger partial charge in [0.1, 0.15) is 0 Å². The van der Waals surface area contributed by atoms with Crippen LogP contribution in [0.4, 0.5) is 5.69 Å². The molecule has 4 heteroatoms. The van der Waals surface area contributed by atoms with Crippen molar-refractivity contribution in [3.63, 3.8) is 0 Å². The van der Waals surface area contributed by atoms with Gasteiger partial charge in [-0.2, -0.15) is 0 Å². The quantitative estimate of drug-likeness (QED) is 0.785. The first-order chi connectivity index (χ1) is 9.74. The number of hydrogen-bond acceptors (Lipinski definition) is 4. The normalized spacial score (nSPS) is 10.3. The van der Waals surface area contributed by atoms with Gasteiger partial charge >= 0.3 is 0 Å². The van der Waals surface area contributed by atoms with E-state index in [1.165, 1.54) is 4.90 Å². The standard InChI is InChI=1S/C16H19NO2S/c1-3-19-15-6-4-5-12(16(15)18)11-17-13-7-9-14(20-2)10-8-13/h4-10,17-18H,3,11H2,1-2H3. The second-order valence-electron chi connectivity index (χ2n) is 4.28. The summed E-state index contributed by atoms with van der Waals surface area (Å²) in [5.74, 6) is 0.743. The van der Waals surface area contributed by atoms with Gasteiger partial charge in [0.25, 0.3) is 0 Å². The van der Waals surface area contributed by atoms with Gasteiger partial charge in [-0.25, -0.2) is 0 Å².